The van der Waals surface area contributed by atoms with Crippen molar-refractivity contribution in [3.63, 3.8) is 0 Å². The smallest absolute Gasteiger partial charge is 0.141 e. The number of halogens is 1. The van der Waals surface area contributed by atoms with Gasteiger partial charge in [0.15, 0.2) is 0 Å². The molecule has 0 aliphatic carbocycles. The van der Waals surface area contributed by atoms with Crippen LogP contribution >= 0.6 is 11.6 Å². The molecule has 0 radical (unpaired) electrons. The van der Waals surface area contributed by atoms with Gasteiger partial charge in [-0.2, -0.15) is 0 Å². The summed E-state index contributed by atoms with van der Waals surface area (Å²) in [5, 5.41) is 0.681. The van der Waals surface area contributed by atoms with Crippen molar-refractivity contribution in [3.8, 4) is 22.7 Å². The zero-order valence-electron chi connectivity index (χ0n) is 11.5. The Hall–Kier alpha value is -2.46. The zero-order chi connectivity index (χ0) is 14.8. The lowest BCUT2D eigenvalue weighted by atomic mass is 10.1. The molecule has 0 spiro atoms. The fourth-order valence-corrected chi connectivity index (χ4v) is 2.47. The second-order valence-corrected chi connectivity index (χ2v) is 4.96. The number of nitrogens with zero attached hydrogens (tertiary/aromatic N) is 2. The minimum absolute atomic E-state index is 0.578. The minimum atomic E-state index is 0.578. The van der Waals surface area contributed by atoms with Crippen molar-refractivity contribution < 1.29 is 4.74 Å². The number of imidazole rings is 1. The van der Waals surface area contributed by atoms with Crippen LogP contribution in [0.25, 0.3) is 16.9 Å². The molecule has 0 bridgehead atoms. The summed E-state index contributed by atoms with van der Waals surface area (Å²) in [6.07, 6.45) is 3.52. The van der Waals surface area contributed by atoms with E-state index >= 15 is 0 Å². The lowest BCUT2D eigenvalue weighted by molar-refractivity contribution is 0.417. The molecule has 0 amide bonds. The van der Waals surface area contributed by atoms with Gasteiger partial charge in [-0.15, -0.1) is 0 Å². The van der Waals surface area contributed by atoms with Crippen LogP contribution in [0, 0.1) is 0 Å². The van der Waals surface area contributed by atoms with Crippen LogP contribution in [0.3, 0.4) is 0 Å². The first-order valence-corrected chi connectivity index (χ1v) is 6.79. The number of aromatic nitrogens is 2. The Labute approximate surface area is 127 Å². The van der Waals surface area contributed by atoms with Crippen molar-refractivity contribution in [2.24, 2.45) is 0 Å². The first kappa shape index (κ1) is 13.5. The third kappa shape index (κ3) is 2.45. The Morgan fingerprint density at radius 1 is 1.19 bits per heavy atom. The summed E-state index contributed by atoms with van der Waals surface area (Å²) in [6, 6.07) is 13.3. The molecule has 2 N–H and O–H groups in total. The van der Waals surface area contributed by atoms with Gasteiger partial charge in [0.2, 0.25) is 0 Å². The number of nitrogen functional groups attached to an aromatic ring is 1. The highest BCUT2D eigenvalue weighted by atomic mass is 35.5. The number of benzene rings is 2. The van der Waals surface area contributed by atoms with Crippen molar-refractivity contribution in [3.05, 3.63) is 60.0 Å². The standard InChI is InChI=1S/C16H14ClN3O/c1-21-16-7-6-11(8-14(16)18)20-10-19-9-15(20)12-4-2-3-5-13(12)17/h2-10H,18H2,1H3. The predicted molar refractivity (Wildman–Crippen MR) is 85.0 cm³/mol. The van der Waals surface area contributed by atoms with Gasteiger partial charge in [-0.3, -0.25) is 4.57 Å². The van der Waals surface area contributed by atoms with Crippen molar-refractivity contribution in [1.82, 2.24) is 9.55 Å². The SMILES string of the molecule is COc1ccc(-n2cncc2-c2ccccc2Cl)cc1N. The van der Waals surface area contributed by atoms with Crippen LogP contribution in [0.5, 0.6) is 5.75 Å². The molecule has 0 saturated carbocycles. The van der Waals surface area contributed by atoms with Gasteiger partial charge in [0, 0.05) is 16.3 Å². The molecule has 0 fully saturated rings. The van der Waals surface area contributed by atoms with Crippen molar-refractivity contribution in [1.29, 1.82) is 0 Å². The molecular weight excluding hydrogens is 286 g/mol. The third-order valence-corrected chi connectivity index (χ3v) is 3.61. The average molecular weight is 300 g/mol. The molecule has 1 heterocycles. The Kier molecular flexibility index (Phi) is 3.54. The Morgan fingerprint density at radius 3 is 2.71 bits per heavy atom. The summed E-state index contributed by atoms with van der Waals surface area (Å²) >= 11 is 6.27. The topological polar surface area (TPSA) is 53.1 Å². The number of nitrogens with two attached hydrogens (primary N) is 1. The highest BCUT2D eigenvalue weighted by Crippen LogP contribution is 2.31. The summed E-state index contributed by atoms with van der Waals surface area (Å²) < 4.78 is 7.12. The number of anilines is 1. The lowest BCUT2D eigenvalue weighted by Gasteiger charge is -2.11. The maximum Gasteiger partial charge on any atom is 0.141 e. The van der Waals surface area contributed by atoms with Gasteiger partial charge >= 0.3 is 0 Å². The van der Waals surface area contributed by atoms with E-state index in [1.54, 1.807) is 19.6 Å². The lowest BCUT2D eigenvalue weighted by Crippen LogP contribution is -1.99. The summed E-state index contributed by atoms with van der Waals surface area (Å²) in [5.41, 5.74) is 9.28. The number of ether oxygens (including phenoxy) is 1. The molecule has 4 nitrogen and oxygen atoms in total. The van der Waals surface area contributed by atoms with Crippen molar-refractivity contribution >= 4 is 17.3 Å². The minimum Gasteiger partial charge on any atom is -0.495 e. The van der Waals surface area contributed by atoms with Crippen LogP contribution < -0.4 is 10.5 Å². The number of rotatable bonds is 3. The highest BCUT2D eigenvalue weighted by molar-refractivity contribution is 6.33. The van der Waals surface area contributed by atoms with Gasteiger partial charge in [0.1, 0.15) is 5.75 Å². The first-order valence-electron chi connectivity index (χ1n) is 6.42. The van der Waals surface area contributed by atoms with E-state index < -0.39 is 0 Å². The Balaban J connectivity index is 2.11. The van der Waals surface area contributed by atoms with Crippen LogP contribution in [-0.4, -0.2) is 16.7 Å². The molecular formula is C16H14ClN3O. The largest absolute Gasteiger partial charge is 0.495 e. The molecule has 3 rings (SSSR count). The maximum atomic E-state index is 6.27. The van der Waals surface area contributed by atoms with Crippen LogP contribution in [0.1, 0.15) is 0 Å². The monoisotopic (exact) mass is 299 g/mol. The molecule has 0 atom stereocenters. The van der Waals surface area contributed by atoms with Crippen LogP contribution in [0.4, 0.5) is 5.69 Å². The third-order valence-electron chi connectivity index (χ3n) is 3.28. The second-order valence-electron chi connectivity index (χ2n) is 4.55. The summed E-state index contributed by atoms with van der Waals surface area (Å²) in [4.78, 5) is 4.22. The highest BCUT2D eigenvalue weighted by Gasteiger charge is 2.11. The molecule has 106 valence electrons. The van der Waals surface area contributed by atoms with E-state index in [1.807, 2.05) is 47.0 Å². The average Bonchev–Trinajstić information content (AvgIpc) is 2.97. The van der Waals surface area contributed by atoms with E-state index in [0.29, 0.717) is 16.5 Å². The number of hydrogen-bond acceptors (Lipinski definition) is 3. The van der Waals surface area contributed by atoms with Gasteiger partial charge in [-0.1, -0.05) is 29.8 Å². The van der Waals surface area contributed by atoms with Gasteiger partial charge in [-0.25, -0.2) is 4.98 Å². The zero-order valence-corrected chi connectivity index (χ0v) is 12.2. The molecule has 0 unspecified atom stereocenters. The van der Waals surface area contributed by atoms with Crippen LogP contribution in [0.15, 0.2) is 55.0 Å². The van der Waals surface area contributed by atoms with E-state index in [9.17, 15) is 0 Å². The number of hydrogen-bond donors (Lipinski definition) is 1. The summed E-state index contributed by atoms with van der Waals surface area (Å²) in [7, 11) is 1.59. The maximum absolute atomic E-state index is 6.27. The van der Waals surface area contributed by atoms with Crippen molar-refractivity contribution in [2.75, 3.05) is 12.8 Å². The van der Waals surface area contributed by atoms with Gasteiger partial charge in [0.25, 0.3) is 0 Å². The quantitative estimate of drug-likeness (QED) is 0.749. The second kappa shape index (κ2) is 5.50. The molecule has 0 aliphatic rings. The summed E-state index contributed by atoms with van der Waals surface area (Å²) in [5.74, 6) is 0.651. The van der Waals surface area contributed by atoms with Crippen LogP contribution in [-0.2, 0) is 0 Å². The number of methoxy groups -OCH3 is 1. The normalized spacial score (nSPS) is 10.6. The fourth-order valence-electron chi connectivity index (χ4n) is 2.24. The fraction of sp³-hybridized carbons (Fsp3) is 0.0625. The van der Waals surface area contributed by atoms with Gasteiger partial charge in [-0.05, 0) is 24.3 Å². The molecule has 0 saturated heterocycles. The van der Waals surface area contributed by atoms with E-state index in [0.717, 1.165) is 16.9 Å². The van der Waals surface area contributed by atoms with E-state index in [2.05, 4.69) is 4.98 Å². The van der Waals surface area contributed by atoms with Crippen molar-refractivity contribution in [2.45, 2.75) is 0 Å². The van der Waals surface area contributed by atoms with E-state index in [1.165, 1.54) is 0 Å². The molecule has 5 heteroatoms. The molecule has 21 heavy (non-hydrogen) atoms. The van der Waals surface area contributed by atoms with E-state index in [4.69, 9.17) is 22.1 Å². The Bertz CT molecular complexity index is 783. The molecule has 0 aliphatic heterocycles. The molecule has 2 aromatic carbocycles. The molecule has 1 aromatic heterocycles. The van der Waals surface area contributed by atoms with E-state index in [-0.39, 0.29) is 0 Å². The van der Waals surface area contributed by atoms with Gasteiger partial charge < -0.3 is 10.5 Å². The van der Waals surface area contributed by atoms with Crippen LogP contribution in [0.2, 0.25) is 5.02 Å². The summed E-state index contributed by atoms with van der Waals surface area (Å²) in [6.45, 7) is 0. The van der Waals surface area contributed by atoms with Gasteiger partial charge in [0.05, 0.1) is 31.0 Å². The first-order chi connectivity index (χ1) is 10.2. The molecule has 3 aromatic rings. The predicted octanol–water partition coefficient (Wildman–Crippen LogP) is 3.78. The Morgan fingerprint density at radius 2 is 2.00 bits per heavy atom.